The zero-order valence-corrected chi connectivity index (χ0v) is 9.65. The van der Waals surface area contributed by atoms with Gasteiger partial charge in [0.15, 0.2) is 0 Å². The Hall–Kier alpha value is -0.860. The highest BCUT2D eigenvalue weighted by atomic mass is 16.5. The molecular formula is C13H21NO. The Balaban J connectivity index is 2.16. The maximum Gasteiger partial charge on any atom is 0.0717 e. The molecule has 1 aromatic rings. The van der Waals surface area contributed by atoms with Crippen LogP contribution in [-0.2, 0) is 11.3 Å². The van der Waals surface area contributed by atoms with Gasteiger partial charge < -0.3 is 10.5 Å². The van der Waals surface area contributed by atoms with Gasteiger partial charge in [0.25, 0.3) is 0 Å². The van der Waals surface area contributed by atoms with E-state index < -0.39 is 0 Å². The summed E-state index contributed by atoms with van der Waals surface area (Å²) in [6, 6.07) is 10.3. The van der Waals surface area contributed by atoms with Crippen LogP contribution in [0.4, 0.5) is 0 Å². The summed E-state index contributed by atoms with van der Waals surface area (Å²) in [5, 5.41) is 0. The quantitative estimate of drug-likeness (QED) is 0.778. The van der Waals surface area contributed by atoms with E-state index in [2.05, 4.69) is 26.0 Å². The van der Waals surface area contributed by atoms with Crippen LogP contribution in [0.2, 0.25) is 0 Å². The van der Waals surface area contributed by atoms with Crippen LogP contribution in [-0.4, -0.2) is 12.6 Å². The normalized spacial score (nSPS) is 13.1. The molecule has 0 saturated carbocycles. The Labute approximate surface area is 92.4 Å². The van der Waals surface area contributed by atoms with E-state index in [4.69, 9.17) is 10.5 Å². The highest BCUT2D eigenvalue weighted by molar-refractivity contribution is 5.13. The predicted molar refractivity (Wildman–Crippen MR) is 63.5 cm³/mol. The van der Waals surface area contributed by atoms with Crippen LogP contribution in [0.15, 0.2) is 30.3 Å². The molecular weight excluding hydrogens is 186 g/mol. The summed E-state index contributed by atoms with van der Waals surface area (Å²) >= 11 is 0. The standard InChI is InChI=1S/C13H21NO/c1-11(2)8-13(14)10-15-9-12-6-4-3-5-7-12/h3-7,11,13H,8-10,14H2,1-2H3/t13-/m0/s1. The van der Waals surface area contributed by atoms with Gasteiger partial charge in [-0.25, -0.2) is 0 Å². The molecule has 1 rings (SSSR count). The van der Waals surface area contributed by atoms with Gasteiger partial charge in [-0.05, 0) is 17.9 Å². The fourth-order valence-corrected chi connectivity index (χ4v) is 1.58. The van der Waals surface area contributed by atoms with Crippen LogP contribution in [0.3, 0.4) is 0 Å². The average Bonchev–Trinajstić information content (AvgIpc) is 2.18. The zero-order valence-electron chi connectivity index (χ0n) is 9.65. The first-order valence-electron chi connectivity index (χ1n) is 5.55. The summed E-state index contributed by atoms with van der Waals surface area (Å²) in [5.41, 5.74) is 7.12. The molecule has 15 heavy (non-hydrogen) atoms. The van der Waals surface area contributed by atoms with Crippen molar-refractivity contribution in [2.75, 3.05) is 6.61 Å². The molecule has 0 aliphatic heterocycles. The second kappa shape index (κ2) is 6.59. The van der Waals surface area contributed by atoms with Gasteiger partial charge in [-0.3, -0.25) is 0 Å². The molecule has 2 N–H and O–H groups in total. The van der Waals surface area contributed by atoms with E-state index in [1.54, 1.807) is 0 Å². The van der Waals surface area contributed by atoms with Gasteiger partial charge in [-0.2, -0.15) is 0 Å². The number of ether oxygens (including phenoxy) is 1. The van der Waals surface area contributed by atoms with Gasteiger partial charge in [0.05, 0.1) is 13.2 Å². The molecule has 0 aliphatic carbocycles. The van der Waals surface area contributed by atoms with Crippen molar-refractivity contribution in [2.45, 2.75) is 32.9 Å². The van der Waals surface area contributed by atoms with Gasteiger partial charge >= 0.3 is 0 Å². The van der Waals surface area contributed by atoms with Crippen LogP contribution in [0, 0.1) is 5.92 Å². The SMILES string of the molecule is CC(C)C[C@H](N)COCc1ccccc1. The van der Waals surface area contributed by atoms with Crippen molar-refractivity contribution < 1.29 is 4.74 Å². The topological polar surface area (TPSA) is 35.2 Å². The second-order valence-corrected chi connectivity index (χ2v) is 4.39. The van der Waals surface area contributed by atoms with Crippen molar-refractivity contribution in [3.63, 3.8) is 0 Å². The third-order valence-electron chi connectivity index (χ3n) is 2.22. The molecule has 0 unspecified atom stereocenters. The summed E-state index contributed by atoms with van der Waals surface area (Å²) in [7, 11) is 0. The molecule has 0 fully saturated rings. The maximum atomic E-state index is 5.91. The van der Waals surface area contributed by atoms with E-state index in [1.165, 1.54) is 5.56 Å². The van der Waals surface area contributed by atoms with E-state index in [0.29, 0.717) is 19.1 Å². The predicted octanol–water partition coefficient (Wildman–Crippen LogP) is 2.58. The molecule has 0 heterocycles. The van der Waals surface area contributed by atoms with E-state index in [1.807, 2.05) is 18.2 Å². The largest absolute Gasteiger partial charge is 0.375 e. The van der Waals surface area contributed by atoms with E-state index in [0.717, 1.165) is 6.42 Å². The van der Waals surface area contributed by atoms with Gasteiger partial charge in [0, 0.05) is 6.04 Å². The van der Waals surface area contributed by atoms with Gasteiger partial charge in [0.2, 0.25) is 0 Å². The summed E-state index contributed by atoms with van der Waals surface area (Å²) in [4.78, 5) is 0. The summed E-state index contributed by atoms with van der Waals surface area (Å²) in [6.45, 7) is 5.66. The highest BCUT2D eigenvalue weighted by Crippen LogP contribution is 2.05. The Kier molecular flexibility index (Phi) is 5.37. The van der Waals surface area contributed by atoms with Crippen molar-refractivity contribution in [3.05, 3.63) is 35.9 Å². The van der Waals surface area contributed by atoms with Crippen molar-refractivity contribution in [1.82, 2.24) is 0 Å². The fraction of sp³-hybridized carbons (Fsp3) is 0.538. The van der Waals surface area contributed by atoms with E-state index >= 15 is 0 Å². The highest BCUT2D eigenvalue weighted by Gasteiger charge is 2.05. The number of hydrogen-bond acceptors (Lipinski definition) is 2. The molecule has 0 saturated heterocycles. The molecule has 0 amide bonds. The lowest BCUT2D eigenvalue weighted by atomic mass is 10.1. The molecule has 0 aliphatic rings. The molecule has 84 valence electrons. The summed E-state index contributed by atoms with van der Waals surface area (Å²) in [5.74, 6) is 0.639. The number of benzene rings is 1. The first-order valence-corrected chi connectivity index (χ1v) is 5.55. The minimum absolute atomic E-state index is 0.161. The van der Waals surface area contributed by atoms with Gasteiger partial charge in [-0.15, -0.1) is 0 Å². The lowest BCUT2D eigenvalue weighted by Crippen LogP contribution is -2.27. The molecule has 0 radical (unpaired) electrons. The Bertz CT molecular complexity index is 258. The monoisotopic (exact) mass is 207 g/mol. The number of hydrogen-bond donors (Lipinski definition) is 1. The van der Waals surface area contributed by atoms with Crippen molar-refractivity contribution in [2.24, 2.45) is 11.7 Å². The second-order valence-electron chi connectivity index (χ2n) is 4.39. The van der Waals surface area contributed by atoms with Crippen LogP contribution in [0.25, 0.3) is 0 Å². The fourth-order valence-electron chi connectivity index (χ4n) is 1.58. The lowest BCUT2D eigenvalue weighted by molar-refractivity contribution is 0.103. The van der Waals surface area contributed by atoms with Crippen molar-refractivity contribution >= 4 is 0 Å². The first-order chi connectivity index (χ1) is 7.18. The van der Waals surface area contributed by atoms with Crippen LogP contribution < -0.4 is 5.73 Å². The first kappa shape index (κ1) is 12.2. The Morgan fingerprint density at radius 3 is 2.47 bits per heavy atom. The van der Waals surface area contributed by atoms with E-state index in [9.17, 15) is 0 Å². The van der Waals surface area contributed by atoms with Crippen LogP contribution >= 0.6 is 0 Å². The smallest absolute Gasteiger partial charge is 0.0717 e. The molecule has 1 aromatic carbocycles. The van der Waals surface area contributed by atoms with E-state index in [-0.39, 0.29) is 6.04 Å². The molecule has 0 aromatic heterocycles. The number of nitrogens with two attached hydrogens (primary N) is 1. The summed E-state index contributed by atoms with van der Waals surface area (Å²) in [6.07, 6.45) is 1.02. The third-order valence-corrected chi connectivity index (χ3v) is 2.22. The van der Waals surface area contributed by atoms with Gasteiger partial charge in [-0.1, -0.05) is 44.2 Å². The lowest BCUT2D eigenvalue weighted by Gasteiger charge is -2.14. The number of rotatable bonds is 6. The van der Waals surface area contributed by atoms with Crippen molar-refractivity contribution in [1.29, 1.82) is 0 Å². The Morgan fingerprint density at radius 2 is 1.87 bits per heavy atom. The molecule has 2 nitrogen and oxygen atoms in total. The zero-order chi connectivity index (χ0) is 11.1. The molecule has 0 spiro atoms. The third kappa shape index (κ3) is 5.55. The van der Waals surface area contributed by atoms with Crippen LogP contribution in [0.5, 0.6) is 0 Å². The van der Waals surface area contributed by atoms with Gasteiger partial charge in [0.1, 0.15) is 0 Å². The minimum atomic E-state index is 0.161. The maximum absolute atomic E-state index is 5.91. The molecule has 2 heteroatoms. The van der Waals surface area contributed by atoms with Crippen LogP contribution in [0.1, 0.15) is 25.8 Å². The molecule has 1 atom stereocenters. The Morgan fingerprint density at radius 1 is 1.20 bits per heavy atom. The minimum Gasteiger partial charge on any atom is -0.375 e. The average molecular weight is 207 g/mol. The van der Waals surface area contributed by atoms with Crippen molar-refractivity contribution in [3.8, 4) is 0 Å². The summed E-state index contributed by atoms with van der Waals surface area (Å²) < 4.78 is 5.56. The molecule has 0 bridgehead atoms.